The molecule has 10 nitrogen and oxygen atoms in total. The molecule has 0 spiro atoms. The standard InChI is InChI=1S/C15H11N3O7/c1-8-5-6-9(17(22)23)7-11(8)16-14(19)13-10(15(20)21)3-2-4-12(13)18(24)25/h2-7H,1H3,(H,16,19)(H,20,21)/p-1. The minimum Gasteiger partial charge on any atom is -0.545 e. The third kappa shape index (κ3) is 3.58. The maximum atomic E-state index is 12.4. The van der Waals surface area contributed by atoms with Gasteiger partial charge in [0.25, 0.3) is 17.3 Å². The molecule has 0 aromatic heterocycles. The van der Waals surface area contributed by atoms with Crippen LogP contribution in [0, 0.1) is 27.2 Å². The highest BCUT2D eigenvalue weighted by Gasteiger charge is 2.25. The van der Waals surface area contributed by atoms with E-state index in [1.54, 1.807) is 6.92 Å². The highest BCUT2D eigenvalue weighted by molar-refractivity contribution is 6.13. The largest absolute Gasteiger partial charge is 0.545 e. The maximum absolute atomic E-state index is 12.4. The summed E-state index contributed by atoms with van der Waals surface area (Å²) in [7, 11) is 0. The lowest BCUT2D eigenvalue weighted by molar-refractivity contribution is -0.385. The highest BCUT2D eigenvalue weighted by atomic mass is 16.6. The number of carboxylic acids is 1. The predicted molar refractivity (Wildman–Crippen MR) is 83.2 cm³/mol. The van der Waals surface area contributed by atoms with E-state index in [4.69, 9.17) is 0 Å². The summed E-state index contributed by atoms with van der Waals surface area (Å²) in [6.45, 7) is 1.55. The van der Waals surface area contributed by atoms with Crippen LogP contribution in [0.25, 0.3) is 0 Å². The van der Waals surface area contributed by atoms with E-state index in [1.807, 2.05) is 0 Å². The van der Waals surface area contributed by atoms with Gasteiger partial charge >= 0.3 is 0 Å². The van der Waals surface area contributed by atoms with Crippen LogP contribution >= 0.6 is 0 Å². The fraction of sp³-hybridized carbons (Fsp3) is 0.0667. The van der Waals surface area contributed by atoms with Crippen molar-refractivity contribution in [3.8, 4) is 0 Å². The molecular weight excluding hydrogens is 334 g/mol. The van der Waals surface area contributed by atoms with Crippen molar-refractivity contribution in [3.05, 3.63) is 73.3 Å². The first kappa shape index (κ1) is 17.5. The zero-order chi connectivity index (χ0) is 18.7. The lowest BCUT2D eigenvalue weighted by atomic mass is 10.0. The number of nitrogens with zero attached hydrogens (tertiary/aromatic N) is 2. The average Bonchev–Trinajstić information content (AvgIpc) is 2.55. The molecule has 1 amide bonds. The van der Waals surface area contributed by atoms with Crippen LogP contribution in [0.15, 0.2) is 36.4 Å². The summed E-state index contributed by atoms with van der Waals surface area (Å²) in [6.07, 6.45) is 0. The van der Waals surface area contributed by atoms with Crippen molar-refractivity contribution in [1.82, 2.24) is 0 Å². The summed E-state index contributed by atoms with van der Waals surface area (Å²) in [5.74, 6) is -2.85. The quantitative estimate of drug-likeness (QED) is 0.635. The number of non-ortho nitro benzene ring substituents is 1. The molecule has 25 heavy (non-hydrogen) atoms. The normalized spacial score (nSPS) is 10.1. The Morgan fingerprint density at radius 1 is 1.04 bits per heavy atom. The molecule has 0 saturated heterocycles. The fourth-order valence-corrected chi connectivity index (χ4v) is 2.14. The number of carboxylic acid groups (broad SMARTS) is 1. The second-order valence-corrected chi connectivity index (χ2v) is 4.95. The van der Waals surface area contributed by atoms with Gasteiger partial charge in [0.15, 0.2) is 0 Å². The van der Waals surface area contributed by atoms with Gasteiger partial charge in [-0.25, -0.2) is 0 Å². The first-order valence-electron chi connectivity index (χ1n) is 6.77. The van der Waals surface area contributed by atoms with Crippen molar-refractivity contribution >= 4 is 28.9 Å². The van der Waals surface area contributed by atoms with Crippen molar-refractivity contribution in [3.63, 3.8) is 0 Å². The van der Waals surface area contributed by atoms with E-state index in [2.05, 4.69) is 5.32 Å². The number of carbonyl (C=O) groups excluding carboxylic acids is 2. The summed E-state index contributed by atoms with van der Waals surface area (Å²) in [5.41, 5.74) is -1.90. The van der Waals surface area contributed by atoms with Crippen LogP contribution in [0.1, 0.15) is 26.3 Å². The number of hydrogen-bond acceptors (Lipinski definition) is 7. The number of aryl methyl sites for hydroxylation is 1. The summed E-state index contributed by atoms with van der Waals surface area (Å²) < 4.78 is 0. The molecule has 2 rings (SSSR count). The molecule has 1 N–H and O–H groups in total. The van der Waals surface area contributed by atoms with Gasteiger partial charge in [-0.05, 0) is 12.5 Å². The minimum absolute atomic E-state index is 0.0293. The van der Waals surface area contributed by atoms with E-state index in [-0.39, 0.29) is 11.4 Å². The van der Waals surface area contributed by atoms with Gasteiger partial charge in [0, 0.05) is 23.8 Å². The second kappa shape index (κ2) is 6.74. The number of rotatable bonds is 5. The molecule has 128 valence electrons. The van der Waals surface area contributed by atoms with Crippen molar-refractivity contribution in [1.29, 1.82) is 0 Å². The van der Waals surface area contributed by atoms with Gasteiger partial charge in [-0.1, -0.05) is 18.2 Å². The van der Waals surface area contributed by atoms with Crippen molar-refractivity contribution in [2.45, 2.75) is 6.92 Å². The Balaban J connectivity index is 2.52. The number of carbonyl (C=O) groups is 2. The summed E-state index contributed by atoms with van der Waals surface area (Å²) in [5, 5.41) is 35.3. The van der Waals surface area contributed by atoms with Gasteiger partial charge in [-0.2, -0.15) is 0 Å². The number of benzene rings is 2. The Morgan fingerprint density at radius 2 is 1.72 bits per heavy atom. The molecule has 2 aromatic rings. The molecule has 0 heterocycles. The van der Waals surface area contributed by atoms with Crippen LogP contribution in [0.2, 0.25) is 0 Å². The zero-order valence-corrected chi connectivity index (χ0v) is 12.7. The Bertz CT molecular complexity index is 876. The molecule has 0 unspecified atom stereocenters. The van der Waals surface area contributed by atoms with Gasteiger partial charge < -0.3 is 15.2 Å². The molecule has 0 aliphatic heterocycles. The van der Waals surface area contributed by atoms with E-state index in [9.17, 15) is 34.9 Å². The van der Waals surface area contributed by atoms with E-state index in [0.29, 0.717) is 5.56 Å². The molecule has 0 saturated carbocycles. The maximum Gasteiger partial charge on any atom is 0.282 e. The number of amides is 1. The smallest absolute Gasteiger partial charge is 0.282 e. The highest BCUT2D eigenvalue weighted by Crippen LogP contribution is 2.26. The van der Waals surface area contributed by atoms with Gasteiger partial charge in [-0.15, -0.1) is 0 Å². The first-order chi connectivity index (χ1) is 11.7. The van der Waals surface area contributed by atoms with Crippen LogP contribution < -0.4 is 10.4 Å². The molecule has 0 atom stereocenters. The summed E-state index contributed by atoms with van der Waals surface area (Å²) in [6, 6.07) is 6.76. The molecule has 2 aromatic carbocycles. The van der Waals surface area contributed by atoms with Gasteiger partial charge in [0.05, 0.1) is 21.5 Å². The summed E-state index contributed by atoms with van der Waals surface area (Å²) in [4.78, 5) is 43.9. The van der Waals surface area contributed by atoms with Crippen molar-refractivity contribution in [2.75, 3.05) is 5.32 Å². The Kier molecular flexibility index (Phi) is 4.73. The molecule has 0 aliphatic rings. The van der Waals surface area contributed by atoms with Gasteiger partial charge in [0.2, 0.25) is 0 Å². The van der Waals surface area contributed by atoms with Crippen LogP contribution in [-0.2, 0) is 0 Å². The fourth-order valence-electron chi connectivity index (χ4n) is 2.14. The van der Waals surface area contributed by atoms with Crippen LogP contribution in [0.4, 0.5) is 17.1 Å². The van der Waals surface area contributed by atoms with Gasteiger partial charge in [-0.3, -0.25) is 25.0 Å². The van der Waals surface area contributed by atoms with Crippen LogP contribution in [-0.4, -0.2) is 21.7 Å². The number of aromatic carboxylic acids is 1. The van der Waals surface area contributed by atoms with E-state index in [0.717, 1.165) is 24.3 Å². The third-order valence-corrected chi connectivity index (χ3v) is 3.37. The Hall–Kier alpha value is -3.82. The molecule has 0 fully saturated rings. The number of anilines is 1. The van der Waals surface area contributed by atoms with Crippen LogP contribution in [0.3, 0.4) is 0 Å². The number of hydrogen-bond donors (Lipinski definition) is 1. The number of nitro benzene ring substituents is 2. The SMILES string of the molecule is Cc1ccc([N+](=O)[O-])cc1NC(=O)c1c(C(=O)[O-])cccc1[N+](=O)[O-]. The zero-order valence-electron chi connectivity index (χ0n) is 12.7. The second-order valence-electron chi connectivity index (χ2n) is 4.95. The van der Waals surface area contributed by atoms with Crippen molar-refractivity contribution < 1.29 is 24.5 Å². The van der Waals surface area contributed by atoms with E-state index < -0.39 is 38.5 Å². The topological polar surface area (TPSA) is 156 Å². The lowest BCUT2D eigenvalue weighted by Gasteiger charge is -2.12. The molecule has 10 heteroatoms. The van der Waals surface area contributed by atoms with Crippen LogP contribution in [0.5, 0.6) is 0 Å². The number of nitro groups is 2. The molecular formula is C15H10N3O7-. The predicted octanol–water partition coefficient (Wildman–Crippen LogP) is 1.43. The molecule has 0 radical (unpaired) electrons. The molecule has 0 bridgehead atoms. The third-order valence-electron chi connectivity index (χ3n) is 3.37. The van der Waals surface area contributed by atoms with Gasteiger partial charge in [0.1, 0.15) is 5.56 Å². The monoisotopic (exact) mass is 344 g/mol. The average molecular weight is 344 g/mol. The number of nitrogens with one attached hydrogen (secondary N) is 1. The lowest BCUT2D eigenvalue weighted by Crippen LogP contribution is -2.27. The van der Waals surface area contributed by atoms with Crippen molar-refractivity contribution in [2.24, 2.45) is 0 Å². The molecule has 0 aliphatic carbocycles. The van der Waals surface area contributed by atoms with E-state index >= 15 is 0 Å². The summed E-state index contributed by atoms with van der Waals surface area (Å²) >= 11 is 0. The Morgan fingerprint density at radius 3 is 2.28 bits per heavy atom. The minimum atomic E-state index is -1.76. The first-order valence-corrected chi connectivity index (χ1v) is 6.77. The Labute approximate surface area is 140 Å². The van der Waals surface area contributed by atoms with E-state index in [1.165, 1.54) is 12.1 Å².